The second-order valence-corrected chi connectivity index (χ2v) is 8.44. The highest BCUT2D eigenvalue weighted by Gasteiger charge is 2.23. The molecule has 0 radical (unpaired) electrons. The first-order valence-electron chi connectivity index (χ1n) is 9.85. The number of hydrogen-bond donors (Lipinski definition) is 2. The fraction of sp³-hybridized carbons (Fsp3) is 0.500. The number of furan rings is 1. The number of aryl methyl sites for hydroxylation is 2. The minimum absolute atomic E-state index is 0.646. The Bertz CT molecular complexity index is 916. The zero-order valence-corrected chi connectivity index (χ0v) is 16.2. The first kappa shape index (κ1) is 17.2. The van der Waals surface area contributed by atoms with Crippen molar-refractivity contribution in [2.45, 2.75) is 38.8 Å². The number of nitrogens with one attached hydrogen (secondary N) is 2. The van der Waals surface area contributed by atoms with Crippen LogP contribution in [0.25, 0.3) is 10.2 Å². The summed E-state index contributed by atoms with van der Waals surface area (Å²) < 4.78 is 11.0. The highest BCUT2D eigenvalue weighted by molar-refractivity contribution is 7.19. The van der Waals surface area contributed by atoms with Crippen LogP contribution in [0.2, 0.25) is 0 Å². The summed E-state index contributed by atoms with van der Waals surface area (Å²) in [6, 6.07) is 3.92. The third-order valence-electron chi connectivity index (χ3n) is 5.48. The third-order valence-corrected chi connectivity index (χ3v) is 6.66. The van der Waals surface area contributed by atoms with Crippen LogP contribution in [0.1, 0.15) is 34.9 Å². The molecule has 7 heteroatoms. The van der Waals surface area contributed by atoms with Crippen molar-refractivity contribution in [2.24, 2.45) is 0 Å². The van der Waals surface area contributed by atoms with Gasteiger partial charge in [-0.15, -0.1) is 11.3 Å². The molecule has 1 saturated heterocycles. The predicted molar refractivity (Wildman–Crippen MR) is 105 cm³/mol. The molecule has 0 bridgehead atoms. The zero-order valence-electron chi connectivity index (χ0n) is 15.4. The second-order valence-electron chi connectivity index (χ2n) is 7.35. The predicted octanol–water partition coefficient (Wildman–Crippen LogP) is 2.19. The van der Waals surface area contributed by atoms with E-state index >= 15 is 0 Å². The molecule has 3 aromatic rings. The van der Waals surface area contributed by atoms with Crippen LogP contribution >= 0.6 is 11.3 Å². The average molecular weight is 386 g/mol. The molecule has 0 amide bonds. The van der Waals surface area contributed by atoms with E-state index < -0.39 is 0 Å². The molecule has 1 aliphatic heterocycles. The lowest BCUT2D eigenvalue weighted by Crippen LogP contribution is -3.12. The maximum atomic E-state index is 5.49. The van der Waals surface area contributed by atoms with E-state index in [9.17, 15) is 0 Å². The van der Waals surface area contributed by atoms with Crippen molar-refractivity contribution in [3.8, 4) is 0 Å². The minimum Gasteiger partial charge on any atom is -0.467 e. The number of thiophene rings is 1. The van der Waals surface area contributed by atoms with Gasteiger partial charge in [0.1, 0.15) is 36.0 Å². The summed E-state index contributed by atoms with van der Waals surface area (Å²) in [4.78, 5) is 14.1. The van der Waals surface area contributed by atoms with Crippen LogP contribution in [0.15, 0.2) is 22.8 Å². The summed E-state index contributed by atoms with van der Waals surface area (Å²) in [5.41, 5.74) is 1.47. The van der Waals surface area contributed by atoms with Crippen molar-refractivity contribution in [1.82, 2.24) is 9.97 Å². The molecule has 0 saturated carbocycles. The van der Waals surface area contributed by atoms with Gasteiger partial charge < -0.3 is 19.4 Å². The molecule has 4 heterocycles. The maximum absolute atomic E-state index is 5.49. The first-order chi connectivity index (χ1) is 13.4. The Balaban J connectivity index is 1.50. The van der Waals surface area contributed by atoms with E-state index in [1.807, 2.05) is 23.5 Å². The van der Waals surface area contributed by atoms with Gasteiger partial charge in [0, 0.05) is 4.88 Å². The Kier molecular flexibility index (Phi) is 4.82. The van der Waals surface area contributed by atoms with Crippen molar-refractivity contribution < 1.29 is 14.1 Å². The van der Waals surface area contributed by atoms with Gasteiger partial charge in [0.05, 0.1) is 31.4 Å². The highest BCUT2D eigenvalue weighted by atomic mass is 32.1. The van der Waals surface area contributed by atoms with Gasteiger partial charge in [-0.25, -0.2) is 9.97 Å². The fourth-order valence-electron chi connectivity index (χ4n) is 4.05. The van der Waals surface area contributed by atoms with E-state index in [2.05, 4.69) is 5.32 Å². The van der Waals surface area contributed by atoms with Gasteiger partial charge in [-0.1, -0.05) is 0 Å². The largest absolute Gasteiger partial charge is 0.467 e. The van der Waals surface area contributed by atoms with Gasteiger partial charge in [0.2, 0.25) is 0 Å². The van der Waals surface area contributed by atoms with Gasteiger partial charge in [-0.3, -0.25) is 0 Å². The van der Waals surface area contributed by atoms with Crippen molar-refractivity contribution in [3.05, 3.63) is 40.4 Å². The lowest BCUT2D eigenvalue weighted by atomic mass is 9.97. The third kappa shape index (κ3) is 3.59. The number of quaternary nitrogens is 1. The number of morpholine rings is 1. The fourth-order valence-corrected chi connectivity index (χ4v) is 5.33. The number of nitrogens with zero attached hydrogens (tertiary/aromatic N) is 2. The molecule has 6 nitrogen and oxygen atoms in total. The topological polar surface area (TPSA) is 64.6 Å². The van der Waals surface area contributed by atoms with Gasteiger partial charge in [-0.05, 0) is 43.4 Å². The minimum atomic E-state index is 0.646. The van der Waals surface area contributed by atoms with Crippen LogP contribution in [-0.2, 0) is 30.7 Å². The molecular weight excluding hydrogens is 360 g/mol. The summed E-state index contributed by atoms with van der Waals surface area (Å²) in [5.74, 6) is 2.82. The molecular formula is C20H25N4O2S+. The van der Waals surface area contributed by atoms with E-state index in [-0.39, 0.29) is 0 Å². The molecule has 0 atom stereocenters. The summed E-state index contributed by atoms with van der Waals surface area (Å²) >= 11 is 1.86. The summed E-state index contributed by atoms with van der Waals surface area (Å²) in [5, 5.41) is 4.77. The smallest absolute Gasteiger partial charge is 0.187 e. The Morgan fingerprint density at radius 3 is 2.89 bits per heavy atom. The summed E-state index contributed by atoms with van der Waals surface area (Å²) in [7, 11) is 0. The molecule has 5 rings (SSSR count). The molecule has 0 aromatic carbocycles. The van der Waals surface area contributed by atoms with Crippen molar-refractivity contribution in [3.63, 3.8) is 0 Å². The van der Waals surface area contributed by atoms with E-state index in [1.54, 1.807) is 6.26 Å². The van der Waals surface area contributed by atoms with Crippen LogP contribution in [0.3, 0.4) is 0 Å². The maximum Gasteiger partial charge on any atom is 0.187 e. The number of aromatic nitrogens is 2. The summed E-state index contributed by atoms with van der Waals surface area (Å²) in [6.07, 6.45) is 6.58. The van der Waals surface area contributed by atoms with Crippen LogP contribution in [-0.4, -0.2) is 36.3 Å². The Morgan fingerprint density at radius 2 is 2.04 bits per heavy atom. The molecule has 0 spiro atoms. The van der Waals surface area contributed by atoms with Gasteiger partial charge in [0.15, 0.2) is 5.82 Å². The molecule has 3 aromatic heterocycles. The van der Waals surface area contributed by atoms with Crippen LogP contribution in [0, 0.1) is 0 Å². The number of hydrogen-bond acceptors (Lipinski definition) is 6. The zero-order chi connectivity index (χ0) is 18.1. The Labute approximate surface area is 162 Å². The quantitative estimate of drug-likeness (QED) is 0.705. The molecule has 142 valence electrons. The molecule has 1 aliphatic carbocycles. The number of anilines is 1. The van der Waals surface area contributed by atoms with E-state index in [0.717, 1.165) is 61.5 Å². The van der Waals surface area contributed by atoms with Gasteiger partial charge in [-0.2, -0.15) is 0 Å². The average Bonchev–Trinajstić information content (AvgIpc) is 3.34. The molecule has 2 aliphatic rings. The van der Waals surface area contributed by atoms with E-state index in [1.165, 1.54) is 40.0 Å². The van der Waals surface area contributed by atoms with Crippen LogP contribution in [0.4, 0.5) is 5.82 Å². The number of fused-ring (bicyclic) bond motifs is 3. The standard InChI is InChI=1S/C20H24N4O2S/c1-2-6-16-15(5-1)18-19(21-12-14-4-3-9-26-14)22-17(23-20(18)27-16)13-24-7-10-25-11-8-24/h3-4,9H,1-2,5-8,10-13H2,(H,21,22,23)/p+1. The SMILES string of the molecule is c1coc(CNc2nc(C[NH+]3CCOCC3)nc3sc4c(c23)CCCC4)c1. The first-order valence-corrected chi connectivity index (χ1v) is 10.7. The van der Waals surface area contributed by atoms with E-state index in [0.29, 0.717) is 6.54 Å². The molecule has 0 unspecified atom stereocenters. The van der Waals surface area contributed by atoms with Gasteiger partial charge in [0.25, 0.3) is 0 Å². The molecule has 1 fully saturated rings. The monoisotopic (exact) mass is 385 g/mol. The number of rotatable bonds is 5. The second kappa shape index (κ2) is 7.58. The van der Waals surface area contributed by atoms with E-state index in [4.69, 9.17) is 19.1 Å². The molecule has 2 N–H and O–H groups in total. The summed E-state index contributed by atoms with van der Waals surface area (Å²) in [6.45, 7) is 5.21. The lowest BCUT2D eigenvalue weighted by Gasteiger charge is -2.23. The van der Waals surface area contributed by atoms with Crippen LogP contribution in [0.5, 0.6) is 0 Å². The van der Waals surface area contributed by atoms with Gasteiger partial charge >= 0.3 is 0 Å². The lowest BCUT2D eigenvalue weighted by molar-refractivity contribution is -0.922. The van der Waals surface area contributed by atoms with Crippen LogP contribution < -0.4 is 10.2 Å². The van der Waals surface area contributed by atoms with Crippen molar-refractivity contribution in [1.29, 1.82) is 0 Å². The molecule has 27 heavy (non-hydrogen) atoms. The normalized spacial score (nSPS) is 17.9. The number of ether oxygens (including phenoxy) is 1. The van der Waals surface area contributed by atoms with Crippen molar-refractivity contribution >= 4 is 27.4 Å². The van der Waals surface area contributed by atoms with Crippen molar-refractivity contribution in [2.75, 3.05) is 31.6 Å². The Morgan fingerprint density at radius 1 is 1.15 bits per heavy atom. The highest BCUT2D eigenvalue weighted by Crippen LogP contribution is 2.38. The Hall–Kier alpha value is -1.96.